The van der Waals surface area contributed by atoms with Crippen molar-refractivity contribution in [1.29, 1.82) is 0 Å². The molecule has 4 fully saturated rings. The number of amides is 2. The predicted molar refractivity (Wildman–Crippen MR) is 194 cm³/mol. The molecule has 2 bridgehead atoms. The molecule has 0 spiro atoms. The summed E-state index contributed by atoms with van der Waals surface area (Å²) in [5.74, 6) is 1.26. The second-order valence-corrected chi connectivity index (χ2v) is 14.6. The number of nitrogens with one attached hydrogen (secondary N) is 1. The second kappa shape index (κ2) is 13.4. The molecule has 1 saturated carbocycles. The maximum absolute atomic E-state index is 12.8. The second-order valence-electron chi connectivity index (χ2n) is 14.6. The maximum atomic E-state index is 12.8. The minimum atomic E-state index is -0.352. The summed E-state index contributed by atoms with van der Waals surface area (Å²) in [7, 11) is 0. The van der Waals surface area contributed by atoms with Crippen molar-refractivity contribution in [3.05, 3.63) is 66.5 Å². The number of fused-ring (bicyclic) bond motifs is 3. The summed E-state index contributed by atoms with van der Waals surface area (Å²) in [5, 5.41) is 25.9. The summed E-state index contributed by atoms with van der Waals surface area (Å²) >= 11 is 0. The van der Waals surface area contributed by atoms with Crippen LogP contribution in [0.5, 0.6) is 11.5 Å². The molecule has 4 N–H and O–H groups in total. The molecule has 2 amide bonds. The number of hydrogen-bond acceptors (Lipinski definition) is 12. The highest BCUT2D eigenvalue weighted by Gasteiger charge is 2.44. The lowest BCUT2D eigenvalue weighted by Gasteiger charge is -2.54. The Morgan fingerprint density at radius 2 is 1.71 bits per heavy atom. The Kier molecular flexibility index (Phi) is 8.42. The molecule has 2 aromatic carbocycles. The third-order valence-corrected chi connectivity index (χ3v) is 11.5. The number of morpholine rings is 1. The van der Waals surface area contributed by atoms with Crippen molar-refractivity contribution in [2.45, 2.75) is 68.6 Å². The summed E-state index contributed by atoms with van der Waals surface area (Å²) < 4.78 is 14.2. The van der Waals surface area contributed by atoms with Gasteiger partial charge in [-0.05, 0) is 67.9 Å². The lowest BCUT2D eigenvalue weighted by molar-refractivity contribution is -0.134. The Morgan fingerprint density at radius 3 is 2.50 bits per heavy atom. The Bertz CT molecular complexity index is 1980. The monoisotopic (exact) mass is 705 g/mol. The van der Waals surface area contributed by atoms with E-state index in [2.05, 4.69) is 47.4 Å². The summed E-state index contributed by atoms with van der Waals surface area (Å²) in [6, 6.07) is 15.8. The fourth-order valence-corrected chi connectivity index (χ4v) is 9.10. The van der Waals surface area contributed by atoms with Crippen LogP contribution in [-0.4, -0.2) is 105 Å². The summed E-state index contributed by atoms with van der Waals surface area (Å²) in [5.41, 5.74) is 11.2. The van der Waals surface area contributed by atoms with Crippen molar-refractivity contribution in [3.8, 4) is 28.4 Å². The Balaban J connectivity index is 0.875. The van der Waals surface area contributed by atoms with Gasteiger partial charge in [-0.25, -0.2) is 4.68 Å². The normalized spacial score (nSPS) is 26.4. The lowest BCUT2D eigenvalue weighted by Crippen LogP contribution is -2.67. The number of rotatable bonds is 6. The van der Waals surface area contributed by atoms with E-state index in [9.17, 15) is 14.7 Å². The number of piperidine rings is 1. The van der Waals surface area contributed by atoms with Crippen molar-refractivity contribution in [3.63, 3.8) is 0 Å². The van der Waals surface area contributed by atoms with E-state index in [0.29, 0.717) is 68.1 Å². The number of ether oxygens (including phenoxy) is 2. The van der Waals surface area contributed by atoms with Gasteiger partial charge in [-0.1, -0.05) is 24.3 Å². The number of anilines is 3. The first-order valence-electron chi connectivity index (χ1n) is 18.3. The first-order chi connectivity index (χ1) is 25.4. The van der Waals surface area contributed by atoms with E-state index in [4.69, 9.17) is 15.2 Å². The molecular weight excluding hydrogens is 662 g/mol. The standard InChI is InChI=1S/C38H43N9O5/c39-37-33(16-30(42-43-37)29-4-1-2-7-34(29)48)46-20-25(17-40-46)44-18-26-21-51-22-27(19-44)47(26)24-10-8-23(9-11-24)28-5-3-6-31-36(28)52-15-14-45(31)32-12-13-35(49)41-38(32)50/h1-7,16-17,20,23-24,26-27,32,48H,8-15,18-19,21-22H2,(H2,39,43)(H,41,49,50)/t23-,24-,26-,27-,32?/m1/s1. The van der Waals surface area contributed by atoms with Crippen LogP contribution in [0.15, 0.2) is 60.9 Å². The molecule has 0 radical (unpaired) electrons. The number of piperazine rings is 1. The molecule has 270 valence electrons. The van der Waals surface area contributed by atoms with Gasteiger partial charge in [0.15, 0.2) is 5.82 Å². The molecule has 4 aliphatic heterocycles. The van der Waals surface area contributed by atoms with Crippen LogP contribution in [0.4, 0.5) is 17.2 Å². The zero-order valence-corrected chi connectivity index (χ0v) is 28.9. The van der Waals surface area contributed by atoms with E-state index in [1.807, 2.05) is 24.5 Å². The number of aromatic nitrogens is 4. The highest BCUT2D eigenvalue weighted by Crippen LogP contribution is 2.46. The molecule has 6 heterocycles. The molecule has 4 aromatic rings. The van der Waals surface area contributed by atoms with Crippen LogP contribution in [0.3, 0.4) is 0 Å². The minimum Gasteiger partial charge on any atom is -0.507 e. The number of aromatic hydroxyl groups is 1. The van der Waals surface area contributed by atoms with Gasteiger partial charge in [-0.2, -0.15) is 5.10 Å². The van der Waals surface area contributed by atoms with Crippen LogP contribution in [0, 0.1) is 0 Å². The summed E-state index contributed by atoms with van der Waals surface area (Å²) in [6.45, 7) is 4.22. The Morgan fingerprint density at radius 1 is 0.904 bits per heavy atom. The fraction of sp³-hybridized carbons (Fsp3) is 0.447. The van der Waals surface area contributed by atoms with Crippen molar-refractivity contribution in [2.75, 3.05) is 55.0 Å². The molecular formula is C38H43N9O5. The lowest BCUT2D eigenvalue weighted by atomic mass is 9.79. The third kappa shape index (κ3) is 5.89. The zero-order valence-electron chi connectivity index (χ0n) is 28.9. The number of nitrogen functional groups attached to an aromatic ring is 1. The number of hydrogen-bond donors (Lipinski definition) is 3. The number of carbonyl (C=O) groups is 2. The number of benzene rings is 2. The highest BCUT2D eigenvalue weighted by molar-refractivity contribution is 6.02. The van der Waals surface area contributed by atoms with Crippen molar-refractivity contribution in [2.24, 2.45) is 0 Å². The van der Waals surface area contributed by atoms with E-state index in [1.54, 1.807) is 28.9 Å². The van der Waals surface area contributed by atoms with E-state index < -0.39 is 0 Å². The molecule has 14 heteroatoms. The van der Waals surface area contributed by atoms with Crippen LogP contribution < -0.4 is 25.6 Å². The highest BCUT2D eigenvalue weighted by atomic mass is 16.5. The van der Waals surface area contributed by atoms with Gasteiger partial charge in [0.1, 0.15) is 29.8 Å². The minimum absolute atomic E-state index is 0.125. The average molecular weight is 706 g/mol. The van der Waals surface area contributed by atoms with Crippen LogP contribution in [-0.2, 0) is 14.3 Å². The molecule has 1 unspecified atom stereocenters. The number of nitrogens with two attached hydrogens (primary N) is 1. The number of phenolic OH excluding ortho intramolecular Hbond substituents is 1. The molecule has 3 saturated heterocycles. The fourth-order valence-electron chi connectivity index (χ4n) is 9.10. The first-order valence-corrected chi connectivity index (χ1v) is 18.3. The molecule has 3 atom stereocenters. The molecule has 2 aromatic heterocycles. The van der Waals surface area contributed by atoms with Gasteiger partial charge in [0, 0.05) is 31.1 Å². The van der Waals surface area contributed by atoms with E-state index in [1.165, 1.54) is 5.56 Å². The Labute approximate surface area is 301 Å². The van der Waals surface area contributed by atoms with E-state index in [0.717, 1.165) is 55.9 Å². The topological polar surface area (TPSA) is 164 Å². The number of para-hydroxylation sites is 2. The molecule has 5 aliphatic rings. The number of carbonyl (C=O) groups excluding carboxylic acids is 2. The van der Waals surface area contributed by atoms with Gasteiger partial charge in [0.05, 0.1) is 61.3 Å². The average Bonchev–Trinajstić information content (AvgIpc) is 3.65. The Hall–Kier alpha value is -5.21. The number of nitrogens with zero attached hydrogens (tertiary/aromatic N) is 7. The van der Waals surface area contributed by atoms with Crippen molar-refractivity contribution in [1.82, 2.24) is 30.2 Å². The van der Waals surface area contributed by atoms with Gasteiger partial charge in [-0.15, -0.1) is 10.2 Å². The van der Waals surface area contributed by atoms with Gasteiger partial charge < -0.3 is 30.1 Å². The van der Waals surface area contributed by atoms with E-state index >= 15 is 0 Å². The first kappa shape index (κ1) is 32.7. The van der Waals surface area contributed by atoms with Gasteiger partial charge in [0.25, 0.3) is 0 Å². The summed E-state index contributed by atoms with van der Waals surface area (Å²) in [4.78, 5) is 31.8. The quantitative estimate of drug-likeness (QED) is 0.252. The van der Waals surface area contributed by atoms with E-state index in [-0.39, 0.29) is 41.5 Å². The zero-order chi connectivity index (χ0) is 35.3. The molecule has 9 rings (SSSR count). The molecule has 14 nitrogen and oxygen atoms in total. The molecule has 1 aliphatic carbocycles. The van der Waals surface area contributed by atoms with Crippen LogP contribution in [0.1, 0.15) is 50.0 Å². The number of imide groups is 1. The van der Waals surface area contributed by atoms with Gasteiger partial charge >= 0.3 is 0 Å². The SMILES string of the molecule is Nc1nnc(-c2ccccc2O)cc1-n1cc(N2C[C@@H]3COC[C@@H](C2)N3[C@H]2CC[C@H](c3cccc4c3OCCN4C3CCC(=O)NC3=O)CC2)cn1. The van der Waals surface area contributed by atoms with Crippen molar-refractivity contribution >= 4 is 29.0 Å². The smallest absolute Gasteiger partial charge is 0.249 e. The summed E-state index contributed by atoms with van der Waals surface area (Å²) in [6.07, 6.45) is 9.09. The van der Waals surface area contributed by atoms with Crippen LogP contribution in [0.2, 0.25) is 0 Å². The van der Waals surface area contributed by atoms with Gasteiger partial charge in [0.2, 0.25) is 11.8 Å². The molecule has 52 heavy (non-hydrogen) atoms. The maximum Gasteiger partial charge on any atom is 0.249 e. The largest absolute Gasteiger partial charge is 0.507 e. The van der Waals surface area contributed by atoms with Crippen LogP contribution >= 0.6 is 0 Å². The third-order valence-electron chi connectivity index (χ3n) is 11.5. The van der Waals surface area contributed by atoms with Gasteiger partial charge in [-0.3, -0.25) is 19.8 Å². The van der Waals surface area contributed by atoms with Crippen molar-refractivity contribution < 1.29 is 24.2 Å². The predicted octanol–water partition coefficient (Wildman–Crippen LogP) is 3.24. The van der Waals surface area contributed by atoms with Crippen LogP contribution in [0.25, 0.3) is 16.9 Å². The number of phenols is 1.